The van der Waals surface area contributed by atoms with Gasteiger partial charge in [0.25, 0.3) is 0 Å². The van der Waals surface area contributed by atoms with Gasteiger partial charge in [-0.3, -0.25) is 4.79 Å². The number of rotatable bonds is 2. The fraction of sp³-hybridized carbons (Fsp3) is 0.538. The standard InChI is InChI=1S/C13H18BClN2O3/c1-8(18)17-11-10(15)6-9(7-16-11)14-19-12(2,3)13(4,5)20-14/h6-7H,1-5H3,(H,16,17,18). The molecule has 2 rings (SSSR count). The molecule has 20 heavy (non-hydrogen) atoms. The van der Waals surface area contributed by atoms with Crippen LogP contribution in [-0.2, 0) is 14.1 Å². The number of carbonyl (C=O) groups is 1. The molecule has 1 aliphatic rings. The lowest BCUT2D eigenvalue weighted by Gasteiger charge is -2.32. The van der Waals surface area contributed by atoms with E-state index in [1.54, 1.807) is 12.3 Å². The third kappa shape index (κ3) is 2.82. The van der Waals surface area contributed by atoms with E-state index in [4.69, 9.17) is 20.9 Å². The zero-order chi connectivity index (χ0) is 15.1. The Bertz CT molecular complexity index is 532. The molecule has 0 unspecified atom stereocenters. The molecular weight excluding hydrogens is 278 g/mol. The van der Waals surface area contributed by atoms with Crippen LogP contribution in [0.2, 0.25) is 5.02 Å². The van der Waals surface area contributed by atoms with Crippen molar-refractivity contribution < 1.29 is 14.1 Å². The summed E-state index contributed by atoms with van der Waals surface area (Å²) in [7, 11) is -0.517. The van der Waals surface area contributed by atoms with E-state index in [1.807, 2.05) is 27.7 Å². The van der Waals surface area contributed by atoms with Gasteiger partial charge in [-0.1, -0.05) is 11.6 Å². The van der Waals surface area contributed by atoms with Crippen LogP contribution >= 0.6 is 11.6 Å². The van der Waals surface area contributed by atoms with Crippen LogP contribution in [0.1, 0.15) is 34.6 Å². The van der Waals surface area contributed by atoms with E-state index < -0.39 is 18.3 Å². The van der Waals surface area contributed by atoms with Crippen molar-refractivity contribution in [1.29, 1.82) is 0 Å². The maximum atomic E-state index is 11.0. The number of pyridine rings is 1. The molecule has 1 saturated heterocycles. The molecule has 0 saturated carbocycles. The van der Waals surface area contributed by atoms with Crippen LogP contribution in [0.15, 0.2) is 12.3 Å². The number of hydrogen-bond donors (Lipinski definition) is 1. The molecule has 0 spiro atoms. The summed E-state index contributed by atoms with van der Waals surface area (Å²) in [6.07, 6.45) is 1.60. The number of hydrogen-bond acceptors (Lipinski definition) is 4. The molecule has 1 amide bonds. The fourth-order valence-corrected chi connectivity index (χ4v) is 2.04. The SMILES string of the molecule is CC(=O)Nc1ncc(B2OC(C)(C)C(C)(C)O2)cc1Cl. The topological polar surface area (TPSA) is 60.5 Å². The van der Waals surface area contributed by atoms with Gasteiger partial charge in [0, 0.05) is 18.6 Å². The van der Waals surface area contributed by atoms with E-state index in [-0.39, 0.29) is 5.91 Å². The summed E-state index contributed by atoms with van der Waals surface area (Å²) in [6, 6.07) is 1.70. The summed E-state index contributed by atoms with van der Waals surface area (Å²) >= 11 is 6.11. The van der Waals surface area contributed by atoms with Gasteiger partial charge in [-0.05, 0) is 33.8 Å². The van der Waals surface area contributed by atoms with Crippen LogP contribution in [0, 0.1) is 0 Å². The summed E-state index contributed by atoms with van der Waals surface area (Å²) in [6.45, 7) is 9.32. The third-order valence-electron chi connectivity index (χ3n) is 3.68. The van der Waals surface area contributed by atoms with Gasteiger partial charge < -0.3 is 14.6 Å². The van der Waals surface area contributed by atoms with Gasteiger partial charge in [0.2, 0.25) is 5.91 Å². The minimum absolute atomic E-state index is 0.220. The van der Waals surface area contributed by atoms with Crippen molar-refractivity contribution >= 4 is 35.9 Å². The number of nitrogens with zero attached hydrogens (tertiary/aromatic N) is 1. The largest absolute Gasteiger partial charge is 0.496 e. The maximum Gasteiger partial charge on any atom is 0.496 e. The van der Waals surface area contributed by atoms with Crippen molar-refractivity contribution in [3.05, 3.63) is 17.3 Å². The van der Waals surface area contributed by atoms with Crippen molar-refractivity contribution in [3.63, 3.8) is 0 Å². The smallest absolute Gasteiger partial charge is 0.399 e. The second-order valence-electron chi connectivity index (χ2n) is 5.87. The third-order valence-corrected chi connectivity index (χ3v) is 3.97. The van der Waals surface area contributed by atoms with Gasteiger partial charge >= 0.3 is 7.12 Å². The lowest BCUT2D eigenvalue weighted by Crippen LogP contribution is -2.41. The van der Waals surface area contributed by atoms with Crippen molar-refractivity contribution in [2.75, 3.05) is 5.32 Å². The van der Waals surface area contributed by atoms with Crippen molar-refractivity contribution in [2.24, 2.45) is 0 Å². The number of halogens is 1. The van der Waals surface area contributed by atoms with Crippen LogP contribution in [0.25, 0.3) is 0 Å². The molecule has 1 aliphatic heterocycles. The predicted molar refractivity (Wildman–Crippen MR) is 79.3 cm³/mol. The Labute approximate surface area is 124 Å². The second-order valence-corrected chi connectivity index (χ2v) is 6.28. The molecule has 1 N–H and O–H groups in total. The molecular formula is C13H18BClN2O3. The van der Waals surface area contributed by atoms with E-state index in [1.165, 1.54) is 6.92 Å². The van der Waals surface area contributed by atoms with Gasteiger partial charge in [0.1, 0.15) is 0 Å². The first kappa shape index (κ1) is 15.3. The summed E-state index contributed by atoms with van der Waals surface area (Å²) in [5, 5.41) is 2.91. The minimum Gasteiger partial charge on any atom is -0.399 e. The maximum absolute atomic E-state index is 11.0. The van der Waals surface area contributed by atoms with E-state index in [2.05, 4.69) is 10.3 Å². The normalized spacial score (nSPS) is 20.0. The quantitative estimate of drug-likeness (QED) is 0.848. The summed E-state index contributed by atoms with van der Waals surface area (Å²) in [5.74, 6) is 0.113. The first-order chi connectivity index (χ1) is 9.12. The van der Waals surface area contributed by atoms with E-state index >= 15 is 0 Å². The van der Waals surface area contributed by atoms with E-state index in [0.717, 1.165) is 5.46 Å². The molecule has 1 fully saturated rings. The average molecular weight is 297 g/mol. The predicted octanol–water partition coefficient (Wildman–Crippen LogP) is 1.99. The summed E-state index contributed by atoms with van der Waals surface area (Å²) in [4.78, 5) is 15.2. The molecule has 0 bridgehead atoms. The number of anilines is 1. The van der Waals surface area contributed by atoms with Crippen molar-refractivity contribution in [1.82, 2.24) is 4.98 Å². The summed E-state index contributed by atoms with van der Waals surface area (Å²) in [5.41, 5.74) is -0.108. The molecule has 0 aromatic carbocycles. The molecule has 1 aromatic rings. The van der Waals surface area contributed by atoms with Crippen molar-refractivity contribution in [2.45, 2.75) is 45.8 Å². The highest BCUT2D eigenvalue weighted by molar-refractivity contribution is 6.62. The van der Waals surface area contributed by atoms with Gasteiger partial charge in [-0.25, -0.2) is 4.98 Å². The van der Waals surface area contributed by atoms with Gasteiger partial charge in [-0.15, -0.1) is 0 Å². The number of aromatic nitrogens is 1. The highest BCUT2D eigenvalue weighted by Gasteiger charge is 2.51. The van der Waals surface area contributed by atoms with E-state index in [9.17, 15) is 4.79 Å². The molecule has 0 aliphatic carbocycles. The number of nitrogens with one attached hydrogen (secondary N) is 1. The molecule has 2 heterocycles. The van der Waals surface area contributed by atoms with Gasteiger partial charge in [-0.2, -0.15) is 0 Å². The zero-order valence-corrected chi connectivity index (χ0v) is 13.0. The lowest BCUT2D eigenvalue weighted by atomic mass is 9.80. The first-order valence-electron chi connectivity index (χ1n) is 6.41. The summed E-state index contributed by atoms with van der Waals surface area (Å²) < 4.78 is 11.8. The first-order valence-corrected chi connectivity index (χ1v) is 6.79. The Kier molecular flexibility index (Phi) is 3.84. The minimum atomic E-state index is -0.517. The highest BCUT2D eigenvalue weighted by atomic mass is 35.5. The Morgan fingerprint density at radius 3 is 2.30 bits per heavy atom. The van der Waals surface area contributed by atoms with Crippen LogP contribution < -0.4 is 10.8 Å². The van der Waals surface area contributed by atoms with Crippen LogP contribution in [0.5, 0.6) is 0 Å². The number of carbonyl (C=O) groups excluding carboxylic acids is 1. The highest BCUT2D eigenvalue weighted by Crippen LogP contribution is 2.36. The molecule has 5 nitrogen and oxygen atoms in total. The molecule has 108 valence electrons. The van der Waals surface area contributed by atoms with Gasteiger partial charge in [0.05, 0.1) is 16.2 Å². The molecule has 1 aromatic heterocycles. The monoisotopic (exact) mass is 296 g/mol. The fourth-order valence-electron chi connectivity index (χ4n) is 1.82. The van der Waals surface area contributed by atoms with Crippen LogP contribution in [0.3, 0.4) is 0 Å². The van der Waals surface area contributed by atoms with Crippen molar-refractivity contribution in [3.8, 4) is 0 Å². The molecule has 0 atom stereocenters. The van der Waals surface area contributed by atoms with E-state index in [0.29, 0.717) is 10.8 Å². The lowest BCUT2D eigenvalue weighted by molar-refractivity contribution is -0.114. The molecule has 0 radical (unpaired) electrons. The van der Waals surface area contributed by atoms with Crippen LogP contribution in [-0.4, -0.2) is 29.2 Å². The Balaban J connectivity index is 2.24. The zero-order valence-electron chi connectivity index (χ0n) is 12.3. The molecule has 7 heteroatoms. The number of amides is 1. The second kappa shape index (κ2) is 5.02. The Hall–Kier alpha value is -1.11. The van der Waals surface area contributed by atoms with Gasteiger partial charge in [0.15, 0.2) is 5.82 Å². The average Bonchev–Trinajstić information content (AvgIpc) is 2.50. The Morgan fingerprint density at radius 2 is 1.85 bits per heavy atom. The Morgan fingerprint density at radius 1 is 1.30 bits per heavy atom. The van der Waals surface area contributed by atoms with Crippen LogP contribution in [0.4, 0.5) is 5.82 Å².